The molecule has 1 saturated carbocycles. The molecule has 80 valence electrons. The predicted octanol–water partition coefficient (Wildman–Crippen LogP) is 3.47. The molecule has 2 unspecified atom stereocenters. The second-order valence-electron chi connectivity index (χ2n) is 4.51. The van der Waals surface area contributed by atoms with Crippen molar-refractivity contribution in [2.24, 2.45) is 17.3 Å². The van der Waals surface area contributed by atoms with Gasteiger partial charge in [-0.2, -0.15) is 0 Å². The van der Waals surface area contributed by atoms with Gasteiger partial charge in [-0.15, -0.1) is 0 Å². The largest absolute Gasteiger partial charge is 0.396 e. The van der Waals surface area contributed by atoms with Gasteiger partial charge in [-0.1, -0.05) is 34.6 Å². The van der Waals surface area contributed by atoms with Gasteiger partial charge in [0.2, 0.25) is 0 Å². The highest BCUT2D eigenvalue weighted by atomic mass is 16.3. The van der Waals surface area contributed by atoms with Crippen LogP contribution in [0.2, 0.25) is 0 Å². The summed E-state index contributed by atoms with van der Waals surface area (Å²) in [6, 6.07) is 0. The minimum absolute atomic E-state index is 0.362. The summed E-state index contributed by atoms with van der Waals surface area (Å²) in [4.78, 5) is 0. The van der Waals surface area contributed by atoms with Crippen molar-refractivity contribution in [3.8, 4) is 0 Å². The number of aliphatic hydroxyl groups is 1. The fourth-order valence-electron chi connectivity index (χ4n) is 2.27. The van der Waals surface area contributed by atoms with Crippen LogP contribution in [0.15, 0.2) is 0 Å². The molecule has 1 aliphatic rings. The Labute approximate surface area is 83.5 Å². The van der Waals surface area contributed by atoms with Crippen LogP contribution >= 0.6 is 0 Å². The third-order valence-electron chi connectivity index (χ3n) is 3.75. The summed E-state index contributed by atoms with van der Waals surface area (Å²) in [6.45, 7) is 11.4. The fourth-order valence-corrected chi connectivity index (χ4v) is 2.27. The van der Waals surface area contributed by atoms with Crippen molar-refractivity contribution in [3.63, 3.8) is 0 Å². The summed E-state index contributed by atoms with van der Waals surface area (Å²) < 4.78 is 0. The molecule has 0 saturated heterocycles. The molecule has 1 nitrogen and oxygen atoms in total. The fraction of sp³-hybridized carbons (Fsp3) is 1.00. The Bertz CT molecular complexity index is 127. The van der Waals surface area contributed by atoms with Gasteiger partial charge in [0.1, 0.15) is 0 Å². The number of hydrogen-bond acceptors (Lipinski definition) is 1. The lowest BCUT2D eigenvalue weighted by Crippen LogP contribution is -2.23. The lowest BCUT2D eigenvalue weighted by molar-refractivity contribution is 0.156. The lowest BCUT2D eigenvalue weighted by atomic mass is 9.75. The summed E-state index contributed by atoms with van der Waals surface area (Å²) in [7, 11) is 0. The third kappa shape index (κ3) is 2.98. The van der Waals surface area contributed by atoms with Gasteiger partial charge in [0.15, 0.2) is 0 Å². The van der Waals surface area contributed by atoms with E-state index in [-0.39, 0.29) is 0 Å². The van der Waals surface area contributed by atoms with Crippen LogP contribution in [0.1, 0.15) is 53.9 Å². The average molecular weight is 186 g/mol. The van der Waals surface area contributed by atoms with Crippen molar-refractivity contribution >= 4 is 0 Å². The van der Waals surface area contributed by atoms with E-state index in [2.05, 4.69) is 20.8 Å². The van der Waals surface area contributed by atoms with E-state index in [1.165, 1.54) is 12.8 Å². The van der Waals surface area contributed by atoms with E-state index in [0.29, 0.717) is 12.0 Å². The van der Waals surface area contributed by atoms with Crippen molar-refractivity contribution in [2.75, 3.05) is 6.61 Å². The van der Waals surface area contributed by atoms with E-state index >= 15 is 0 Å². The molecule has 1 rings (SSSR count). The van der Waals surface area contributed by atoms with E-state index in [0.717, 1.165) is 18.3 Å². The summed E-state index contributed by atoms with van der Waals surface area (Å²) in [5.74, 6) is 1.58. The van der Waals surface area contributed by atoms with E-state index < -0.39 is 0 Å². The summed E-state index contributed by atoms with van der Waals surface area (Å²) in [6.07, 6.45) is 3.66. The van der Waals surface area contributed by atoms with E-state index in [4.69, 9.17) is 5.11 Å². The summed E-state index contributed by atoms with van der Waals surface area (Å²) in [5, 5.41) is 8.85. The Morgan fingerprint density at radius 1 is 1.23 bits per heavy atom. The molecule has 0 bridgehead atoms. The second-order valence-corrected chi connectivity index (χ2v) is 4.51. The molecular weight excluding hydrogens is 160 g/mol. The molecule has 0 aliphatic heterocycles. The van der Waals surface area contributed by atoms with Crippen LogP contribution in [-0.2, 0) is 0 Å². The molecule has 0 spiro atoms. The van der Waals surface area contributed by atoms with Crippen LogP contribution in [0.25, 0.3) is 0 Å². The van der Waals surface area contributed by atoms with Crippen LogP contribution in [0, 0.1) is 17.3 Å². The lowest BCUT2D eigenvalue weighted by Gasteiger charge is -2.30. The van der Waals surface area contributed by atoms with Crippen LogP contribution < -0.4 is 0 Å². The van der Waals surface area contributed by atoms with Crippen LogP contribution in [0.4, 0.5) is 0 Å². The standard InChI is InChI=1S/C10H20O.C2H6/c1-8-4-5-9(6-7-11)10(8,2)3;1-2/h8-9,11H,4-7H2,1-3H3;1-2H3. The van der Waals surface area contributed by atoms with Gasteiger partial charge in [0.05, 0.1) is 0 Å². The zero-order chi connectivity index (χ0) is 10.5. The SMILES string of the molecule is CC.CC1CCC(CCO)C1(C)C. The monoisotopic (exact) mass is 186 g/mol. The minimum Gasteiger partial charge on any atom is -0.396 e. The van der Waals surface area contributed by atoms with Gasteiger partial charge in [-0.25, -0.2) is 0 Å². The van der Waals surface area contributed by atoms with Gasteiger partial charge in [-0.3, -0.25) is 0 Å². The molecule has 0 aromatic carbocycles. The van der Waals surface area contributed by atoms with E-state index in [1.807, 2.05) is 13.8 Å². The van der Waals surface area contributed by atoms with Crippen molar-refractivity contribution in [1.82, 2.24) is 0 Å². The first-order valence-electron chi connectivity index (χ1n) is 5.70. The van der Waals surface area contributed by atoms with Gasteiger partial charge < -0.3 is 5.11 Å². The maximum Gasteiger partial charge on any atom is 0.0433 e. The normalized spacial score (nSPS) is 30.9. The minimum atomic E-state index is 0.362. The maximum absolute atomic E-state index is 8.85. The Kier molecular flexibility index (Phi) is 5.62. The van der Waals surface area contributed by atoms with Crippen LogP contribution in [-0.4, -0.2) is 11.7 Å². The van der Waals surface area contributed by atoms with E-state index in [9.17, 15) is 0 Å². The smallest absolute Gasteiger partial charge is 0.0433 e. The molecule has 0 radical (unpaired) electrons. The summed E-state index contributed by atoms with van der Waals surface area (Å²) in [5.41, 5.74) is 0.461. The van der Waals surface area contributed by atoms with Gasteiger partial charge in [-0.05, 0) is 36.5 Å². The second kappa shape index (κ2) is 5.64. The molecule has 0 aromatic heterocycles. The predicted molar refractivity (Wildman–Crippen MR) is 58.7 cm³/mol. The first-order chi connectivity index (χ1) is 6.09. The van der Waals surface area contributed by atoms with E-state index in [1.54, 1.807) is 0 Å². The van der Waals surface area contributed by atoms with Crippen molar-refractivity contribution < 1.29 is 5.11 Å². The maximum atomic E-state index is 8.85. The molecule has 0 heterocycles. The molecule has 0 amide bonds. The summed E-state index contributed by atoms with van der Waals surface area (Å²) >= 11 is 0. The molecule has 13 heavy (non-hydrogen) atoms. The molecule has 1 fully saturated rings. The number of hydrogen-bond donors (Lipinski definition) is 1. The quantitative estimate of drug-likeness (QED) is 0.700. The van der Waals surface area contributed by atoms with Crippen LogP contribution in [0.5, 0.6) is 0 Å². The highest BCUT2D eigenvalue weighted by molar-refractivity contribution is 4.89. The molecule has 1 heteroatoms. The highest BCUT2D eigenvalue weighted by Crippen LogP contribution is 2.48. The zero-order valence-corrected chi connectivity index (χ0v) is 9.93. The van der Waals surface area contributed by atoms with Crippen molar-refractivity contribution in [2.45, 2.75) is 53.9 Å². The number of rotatable bonds is 2. The highest BCUT2D eigenvalue weighted by Gasteiger charge is 2.39. The first kappa shape index (κ1) is 13.0. The first-order valence-corrected chi connectivity index (χ1v) is 5.70. The topological polar surface area (TPSA) is 20.2 Å². The third-order valence-corrected chi connectivity index (χ3v) is 3.75. The van der Waals surface area contributed by atoms with Gasteiger partial charge in [0, 0.05) is 6.61 Å². The average Bonchev–Trinajstić information content (AvgIpc) is 2.36. The molecular formula is C12H26O. The molecule has 2 atom stereocenters. The van der Waals surface area contributed by atoms with Crippen molar-refractivity contribution in [3.05, 3.63) is 0 Å². The number of aliphatic hydroxyl groups excluding tert-OH is 1. The molecule has 1 aliphatic carbocycles. The van der Waals surface area contributed by atoms with Crippen molar-refractivity contribution in [1.29, 1.82) is 0 Å². The van der Waals surface area contributed by atoms with Gasteiger partial charge in [0.25, 0.3) is 0 Å². The molecule has 0 aromatic rings. The molecule has 1 N–H and O–H groups in total. The van der Waals surface area contributed by atoms with Gasteiger partial charge >= 0.3 is 0 Å². The zero-order valence-electron chi connectivity index (χ0n) is 9.93. The van der Waals surface area contributed by atoms with Crippen LogP contribution in [0.3, 0.4) is 0 Å². The Balaban J connectivity index is 0.000000671. The Hall–Kier alpha value is -0.0400. The Morgan fingerprint density at radius 3 is 2.08 bits per heavy atom. The Morgan fingerprint density at radius 2 is 1.77 bits per heavy atom.